The summed E-state index contributed by atoms with van der Waals surface area (Å²) < 4.78 is 80.4. The molecule has 0 bridgehead atoms. The second-order valence-electron chi connectivity index (χ2n) is 15.1. The Bertz CT molecular complexity index is 1930. The molecule has 0 aromatic heterocycles. The van der Waals surface area contributed by atoms with E-state index in [1.807, 2.05) is 0 Å². The molecule has 3 fully saturated rings. The van der Waals surface area contributed by atoms with Gasteiger partial charge in [-0.3, -0.25) is 43.2 Å². The maximum atomic E-state index is 12.9. The lowest BCUT2D eigenvalue weighted by Crippen LogP contribution is -2.67. The van der Waals surface area contributed by atoms with Gasteiger partial charge in [0, 0.05) is 67.2 Å². The first-order valence-electron chi connectivity index (χ1n) is 20.6. The molecular formula is C42H54O24S. The molecule has 372 valence electrons. The molecule has 1 aromatic carbocycles. The van der Waals surface area contributed by atoms with E-state index in [2.05, 4.69) is 0 Å². The van der Waals surface area contributed by atoms with Crippen LogP contribution in [0.2, 0.25) is 0 Å². The van der Waals surface area contributed by atoms with E-state index < -0.39 is 165 Å². The van der Waals surface area contributed by atoms with Crippen LogP contribution in [0, 0.1) is 0 Å². The maximum absolute atomic E-state index is 12.9. The van der Waals surface area contributed by atoms with Crippen LogP contribution in [-0.2, 0) is 109 Å². The highest BCUT2D eigenvalue weighted by Crippen LogP contribution is 2.39. The van der Waals surface area contributed by atoms with E-state index in [1.54, 1.807) is 30.3 Å². The highest BCUT2D eigenvalue weighted by Gasteiger charge is 2.58. The van der Waals surface area contributed by atoms with Gasteiger partial charge in [-0.15, -0.1) is 0 Å². The van der Waals surface area contributed by atoms with E-state index in [-0.39, 0.29) is 0 Å². The molecule has 67 heavy (non-hydrogen) atoms. The molecule has 0 aliphatic carbocycles. The Balaban J connectivity index is 1.83. The summed E-state index contributed by atoms with van der Waals surface area (Å²) >= 11 is 1.06. The van der Waals surface area contributed by atoms with Gasteiger partial charge in [-0.2, -0.15) is 0 Å². The molecule has 0 amide bonds. The molecule has 3 aliphatic heterocycles. The van der Waals surface area contributed by atoms with E-state index in [0.29, 0.717) is 4.90 Å². The maximum Gasteiger partial charge on any atom is 0.303 e. The molecule has 4 rings (SSSR count). The number of esters is 9. The highest BCUT2D eigenvalue weighted by molar-refractivity contribution is 7.99. The summed E-state index contributed by atoms with van der Waals surface area (Å²) in [7, 11) is 0. The van der Waals surface area contributed by atoms with Crippen LogP contribution in [0.3, 0.4) is 0 Å². The van der Waals surface area contributed by atoms with Crippen LogP contribution >= 0.6 is 11.8 Å². The SMILES string of the molecule is CC(=O)OC[C@H]1O[C@H](O[C@@H]2[C@@H](OC(C)=O)[C@H](OC[C@H]3O[C@@H](Sc4ccccc4)[C@H](OC(C)=O)[C@@H](OC(C)=O)[C@@H]3O)O[C@H](COC(C)=O)[C@H]2OC(C)=O)[C@H](OC(C)=O)[C@@H](OC(C)=O)[C@@H]1OC(C)=O. The van der Waals surface area contributed by atoms with Gasteiger partial charge in [0.2, 0.25) is 0 Å². The smallest absolute Gasteiger partial charge is 0.303 e. The topological polar surface area (TPSA) is 303 Å². The number of rotatable bonds is 18. The van der Waals surface area contributed by atoms with Gasteiger partial charge in [-0.1, -0.05) is 30.0 Å². The molecule has 3 aliphatic rings. The zero-order chi connectivity index (χ0) is 49.7. The molecule has 25 heteroatoms. The monoisotopic (exact) mass is 974 g/mol. The van der Waals surface area contributed by atoms with Crippen molar-refractivity contribution >= 4 is 65.5 Å². The molecule has 3 saturated heterocycles. The third-order valence-electron chi connectivity index (χ3n) is 9.53. The Morgan fingerprint density at radius 1 is 0.448 bits per heavy atom. The number of carbonyl (C=O) groups excluding carboxylic acids is 9. The lowest BCUT2D eigenvalue weighted by atomic mass is 9.95. The van der Waals surface area contributed by atoms with Crippen LogP contribution in [0.15, 0.2) is 35.2 Å². The Labute approximate surface area is 388 Å². The van der Waals surface area contributed by atoms with Crippen molar-refractivity contribution in [2.24, 2.45) is 0 Å². The van der Waals surface area contributed by atoms with Gasteiger partial charge in [-0.05, 0) is 12.1 Å². The summed E-state index contributed by atoms with van der Waals surface area (Å²) in [5, 5.41) is 11.7. The Hall–Kier alpha value is -5.44. The van der Waals surface area contributed by atoms with Crippen LogP contribution in [0.25, 0.3) is 0 Å². The predicted octanol–water partition coefficient (Wildman–Crippen LogP) is 0.364. The van der Waals surface area contributed by atoms with E-state index in [9.17, 15) is 48.3 Å². The van der Waals surface area contributed by atoms with Crippen molar-refractivity contribution in [3.63, 3.8) is 0 Å². The first-order chi connectivity index (χ1) is 31.5. The Morgan fingerprint density at radius 2 is 0.851 bits per heavy atom. The molecule has 1 N–H and O–H groups in total. The average molecular weight is 975 g/mol. The molecule has 15 atom stereocenters. The lowest BCUT2D eigenvalue weighted by molar-refractivity contribution is -0.364. The second kappa shape index (κ2) is 25.1. The second-order valence-corrected chi connectivity index (χ2v) is 16.3. The van der Waals surface area contributed by atoms with Gasteiger partial charge in [0.25, 0.3) is 0 Å². The summed E-state index contributed by atoms with van der Waals surface area (Å²) in [5.41, 5.74) is -1.15. The average Bonchev–Trinajstić information content (AvgIpc) is 3.21. The fraction of sp³-hybridized carbons (Fsp3) is 0.643. The number of ether oxygens (including phenoxy) is 14. The fourth-order valence-corrected chi connectivity index (χ4v) is 8.32. The van der Waals surface area contributed by atoms with Crippen molar-refractivity contribution in [2.45, 2.75) is 158 Å². The molecule has 3 heterocycles. The van der Waals surface area contributed by atoms with Crippen molar-refractivity contribution in [1.82, 2.24) is 0 Å². The summed E-state index contributed by atoms with van der Waals surface area (Å²) in [4.78, 5) is 113. The standard InChI is InChI=1S/C42H54O24S/c1-18(43)53-16-29-33(57-21(4)46)36(66-41-38(61-25(8)50)35(59-23(6)48)32(56-20(3)45)30(64-41)17-54-19(2)44)37(60-24(7)49)40(63-29)55-15-28-31(52)34(58-22(5)47)39(62-26(9)51)42(65-28)67-27-13-11-10-12-14-27/h10-14,28-42,52H,15-17H2,1-9H3/t28-,29-,30-,31-,32-,33-,34+,35+,36+,37-,38-,39-,40-,41-,42+/m1/s1. The number of aliphatic hydroxyl groups is 1. The third-order valence-corrected chi connectivity index (χ3v) is 10.7. The largest absolute Gasteiger partial charge is 0.463 e. The van der Waals surface area contributed by atoms with Gasteiger partial charge in [0.15, 0.2) is 55.3 Å². The van der Waals surface area contributed by atoms with Crippen molar-refractivity contribution in [3.8, 4) is 0 Å². The van der Waals surface area contributed by atoms with E-state index in [0.717, 1.165) is 74.1 Å². The minimum absolute atomic E-state index is 0.625. The summed E-state index contributed by atoms with van der Waals surface area (Å²) in [6.07, 6.45) is -23.5. The van der Waals surface area contributed by atoms with Gasteiger partial charge in [0.05, 0.1) is 6.61 Å². The minimum Gasteiger partial charge on any atom is -0.463 e. The predicted molar refractivity (Wildman–Crippen MR) is 217 cm³/mol. The molecule has 24 nitrogen and oxygen atoms in total. The fourth-order valence-electron chi connectivity index (χ4n) is 7.19. The highest BCUT2D eigenvalue weighted by atomic mass is 32.2. The van der Waals surface area contributed by atoms with Crippen molar-refractivity contribution < 1.29 is 115 Å². The van der Waals surface area contributed by atoms with Gasteiger partial charge >= 0.3 is 53.7 Å². The number of thioether (sulfide) groups is 1. The first-order valence-corrected chi connectivity index (χ1v) is 21.5. The van der Waals surface area contributed by atoms with Gasteiger partial charge in [0.1, 0.15) is 49.2 Å². The van der Waals surface area contributed by atoms with Gasteiger partial charge < -0.3 is 71.4 Å². The number of aliphatic hydroxyl groups excluding tert-OH is 1. The van der Waals surface area contributed by atoms with Crippen LogP contribution < -0.4 is 0 Å². The molecule has 0 saturated carbocycles. The third kappa shape index (κ3) is 16.1. The van der Waals surface area contributed by atoms with Crippen LogP contribution in [0.5, 0.6) is 0 Å². The summed E-state index contributed by atoms with van der Waals surface area (Å²) in [6, 6.07) is 8.68. The van der Waals surface area contributed by atoms with Crippen molar-refractivity contribution in [1.29, 1.82) is 0 Å². The minimum atomic E-state index is -1.96. The molecule has 0 spiro atoms. The lowest BCUT2D eigenvalue weighted by Gasteiger charge is -2.49. The Morgan fingerprint density at radius 3 is 1.33 bits per heavy atom. The molecule has 0 unspecified atom stereocenters. The van der Waals surface area contributed by atoms with E-state index >= 15 is 0 Å². The number of benzene rings is 1. The van der Waals surface area contributed by atoms with Crippen LogP contribution in [-0.4, -0.2) is 170 Å². The van der Waals surface area contributed by atoms with E-state index in [1.165, 1.54) is 0 Å². The quantitative estimate of drug-likeness (QED) is 0.153. The Kier molecular flexibility index (Phi) is 20.3. The normalized spacial score (nSPS) is 31.4. The van der Waals surface area contributed by atoms with Crippen molar-refractivity contribution in [3.05, 3.63) is 30.3 Å². The first kappa shape index (κ1) is 54.2. The van der Waals surface area contributed by atoms with Crippen LogP contribution in [0.4, 0.5) is 0 Å². The number of hydrogen-bond donors (Lipinski definition) is 1. The zero-order valence-corrected chi connectivity index (χ0v) is 38.7. The molecule has 0 radical (unpaired) electrons. The van der Waals surface area contributed by atoms with Crippen molar-refractivity contribution in [2.75, 3.05) is 19.8 Å². The number of carbonyl (C=O) groups is 9. The zero-order valence-electron chi connectivity index (χ0n) is 37.9. The molecule has 1 aromatic rings. The van der Waals surface area contributed by atoms with Gasteiger partial charge in [-0.25, -0.2) is 0 Å². The molecular weight excluding hydrogens is 921 g/mol. The van der Waals surface area contributed by atoms with Crippen LogP contribution in [0.1, 0.15) is 62.3 Å². The van der Waals surface area contributed by atoms with E-state index in [4.69, 9.17) is 66.3 Å². The summed E-state index contributed by atoms with van der Waals surface area (Å²) in [6.45, 7) is 7.31. The summed E-state index contributed by atoms with van der Waals surface area (Å²) in [5.74, 6) is -8.09. The number of hydrogen-bond acceptors (Lipinski definition) is 25.